The van der Waals surface area contributed by atoms with E-state index < -0.39 is 6.10 Å². The van der Waals surface area contributed by atoms with E-state index in [0.29, 0.717) is 11.9 Å². The maximum Gasteiger partial charge on any atom is 0.191 e. The molecule has 2 aromatic rings. The molecule has 0 spiro atoms. The highest BCUT2D eigenvalue weighted by Crippen LogP contribution is 2.16. The number of ether oxygens (including phenoxy) is 1. The summed E-state index contributed by atoms with van der Waals surface area (Å²) in [7, 11) is 0. The summed E-state index contributed by atoms with van der Waals surface area (Å²) >= 11 is 0. The van der Waals surface area contributed by atoms with Gasteiger partial charge in [0.25, 0.3) is 0 Å². The van der Waals surface area contributed by atoms with Gasteiger partial charge in [0.1, 0.15) is 0 Å². The van der Waals surface area contributed by atoms with Gasteiger partial charge in [-0.2, -0.15) is 0 Å². The SMILES string of the molecule is CCNC(=NCC(O)COC(C)c1ccccc1)NCC(C)c1ccccc1.I. The first-order valence-electron chi connectivity index (χ1n) is 10.0. The average Bonchev–Trinajstić information content (AvgIpc) is 2.75. The fourth-order valence-corrected chi connectivity index (χ4v) is 2.82. The van der Waals surface area contributed by atoms with E-state index in [2.05, 4.69) is 46.8 Å². The molecule has 0 saturated heterocycles. The summed E-state index contributed by atoms with van der Waals surface area (Å²) in [4.78, 5) is 4.49. The monoisotopic (exact) mass is 511 g/mol. The molecule has 0 aliphatic carbocycles. The van der Waals surface area contributed by atoms with E-state index in [9.17, 15) is 5.11 Å². The number of benzene rings is 2. The fourth-order valence-electron chi connectivity index (χ4n) is 2.82. The van der Waals surface area contributed by atoms with Gasteiger partial charge in [0.15, 0.2) is 5.96 Å². The van der Waals surface area contributed by atoms with Crippen LogP contribution < -0.4 is 10.6 Å². The molecule has 0 radical (unpaired) electrons. The Bertz CT molecular complexity index is 698. The molecule has 6 heteroatoms. The Balaban J connectivity index is 0.00000420. The minimum atomic E-state index is -0.645. The Hall–Kier alpha value is -1.64. The van der Waals surface area contributed by atoms with Crippen molar-refractivity contribution < 1.29 is 9.84 Å². The molecule has 3 atom stereocenters. The summed E-state index contributed by atoms with van der Waals surface area (Å²) in [6.07, 6.45) is -0.703. The molecule has 3 unspecified atom stereocenters. The number of aliphatic hydroxyl groups excluding tert-OH is 1. The van der Waals surface area contributed by atoms with Gasteiger partial charge in [-0.3, -0.25) is 4.99 Å². The number of rotatable bonds is 10. The molecule has 0 aliphatic rings. The first-order chi connectivity index (χ1) is 13.6. The van der Waals surface area contributed by atoms with Gasteiger partial charge in [0.2, 0.25) is 0 Å². The Morgan fingerprint density at radius 2 is 1.55 bits per heavy atom. The maximum atomic E-state index is 10.2. The number of nitrogens with one attached hydrogen (secondary N) is 2. The van der Waals surface area contributed by atoms with Crippen molar-refractivity contribution in [2.45, 2.75) is 38.9 Å². The van der Waals surface area contributed by atoms with Gasteiger partial charge < -0.3 is 20.5 Å². The predicted octanol–water partition coefficient (Wildman–Crippen LogP) is 4.10. The third kappa shape index (κ3) is 9.60. The lowest BCUT2D eigenvalue weighted by Gasteiger charge is -2.18. The molecule has 0 saturated carbocycles. The van der Waals surface area contributed by atoms with Crippen LogP contribution in [0.4, 0.5) is 0 Å². The number of nitrogens with zero attached hydrogens (tertiary/aromatic N) is 1. The summed E-state index contributed by atoms with van der Waals surface area (Å²) in [6, 6.07) is 20.4. The largest absolute Gasteiger partial charge is 0.389 e. The van der Waals surface area contributed by atoms with Gasteiger partial charge in [-0.25, -0.2) is 0 Å². The third-order valence-electron chi connectivity index (χ3n) is 4.56. The van der Waals surface area contributed by atoms with Gasteiger partial charge in [-0.1, -0.05) is 67.6 Å². The van der Waals surface area contributed by atoms with Crippen LogP contribution in [0.1, 0.15) is 43.9 Å². The molecular weight excluding hydrogens is 477 g/mol. The molecule has 0 amide bonds. The summed E-state index contributed by atoms with van der Waals surface area (Å²) in [6.45, 7) is 8.27. The normalized spacial score (nSPS) is 14.4. The van der Waals surface area contributed by atoms with Crippen molar-refractivity contribution >= 4 is 29.9 Å². The standard InChI is InChI=1S/C23H33N3O2.HI/c1-4-24-23(25-15-18(2)20-11-7-5-8-12-20)26-16-22(27)17-28-19(3)21-13-9-6-10-14-21;/h5-14,18-19,22,27H,4,15-17H2,1-3H3,(H2,24,25,26);1H. The van der Waals surface area contributed by atoms with E-state index in [1.165, 1.54) is 5.56 Å². The van der Waals surface area contributed by atoms with Crippen LogP contribution in [0, 0.1) is 0 Å². The van der Waals surface area contributed by atoms with Gasteiger partial charge in [-0.15, -0.1) is 24.0 Å². The second-order valence-electron chi connectivity index (χ2n) is 6.95. The lowest BCUT2D eigenvalue weighted by Crippen LogP contribution is -2.39. The van der Waals surface area contributed by atoms with Crippen molar-refractivity contribution in [1.29, 1.82) is 0 Å². The van der Waals surface area contributed by atoms with Gasteiger partial charge >= 0.3 is 0 Å². The molecule has 3 N–H and O–H groups in total. The topological polar surface area (TPSA) is 65.9 Å². The van der Waals surface area contributed by atoms with Crippen molar-refractivity contribution in [3.8, 4) is 0 Å². The Labute approximate surface area is 192 Å². The summed E-state index contributed by atoms with van der Waals surface area (Å²) in [5, 5.41) is 16.8. The smallest absolute Gasteiger partial charge is 0.191 e. The molecule has 0 aromatic heterocycles. The minimum Gasteiger partial charge on any atom is -0.389 e. The zero-order chi connectivity index (χ0) is 20.2. The van der Waals surface area contributed by atoms with Crippen molar-refractivity contribution in [3.63, 3.8) is 0 Å². The highest BCUT2D eigenvalue weighted by Gasteiger charge is 2.11. The number of aliphatic hydroxyl groups is 1. The van der Waals surface area contributed by atoms with Crippen molar-refractivity contribution in [2.24, 2.45) is 4.99 Å². The molecule has 0 bridgehead atoms. The molecule has 2 rings (SSSR count). The van der Waals surface area contributed by atoms with Crippen LogP contribution in [0.15, 0.2) is 65.7 Å². The quantitative estimate of drug-likeness (QED) is 0.255. The minimum absolute atomic E-state index is 0. The van der Waals surface area contributed by atoms with Crippen LogP contribution in [0.3, 0.4) is 0 Å². The molecule has 160 valence electrons. The van der Waals surface area contributed by atoms with Crippen molar-refractivity contribution in [3.05, 3.63) is 71.8 Å². The van der Waals surface area contributed by atoms with E-state index in [1.807, 2.05) is 50.2 Å². The van der Waals surface area contributed by atoms with Crippen LogP contribution in [0.25, 0.3) is 0 Å². The third-order valence-corrected chi connectivity index (χ3v) is 4.56. The maximum absolute atomic E-state index is 10.2. The first kappa shape index (κ1) is 25.4. The number of hydrogen-bond acceptors (Lipinski definition) is 3. The lowest BCUT2D eigenvalue weighted by molar-refractivity contribution is 0.00111. The second-order valence-corrected chi connectivity index (χ2v) is 6.95. The van der Waals surface area contributed by atoms with E-state index in [4.69, 9.17) is 4.74 Å². The molecule has 0 fully saturated rings. The van der Waals surface area contributed by atoms with E-state index >= 15 is 0 Å². The van der Waals surface area contributed by atoms with Crippen LogP contribution in [-0.2, 0) is 4.74 Å². The summed E-state index contributed by atoms with van der Waals surface area (Å²) < 4.78 is 5.78. The Morgan fingerprint density at radius 1 is 0.966 bits per heavy atom. The average molecular weight is 511 g/mol. The molecular formula is C23H34IN3O2. The van der Waals surface area contributed by atoms with Crippen LogP contribution in [-0.4, -0.2) is 43.4 Å². The summed E-state index contributed by atoms with van der Waals surface area (Å²) in [5.74, 6) is 1.07. The first-order valence-corrected chi connectivity index (χ1v) is 10.0. The Kier molecular flexibility index (Phi) is 12.6. The molecule has 0 heterocycles. The van der Waals surface area contributed by atoms with Crippen molar-refractivity contribution in [2.75, 3.05) is 26.2 Å². The van der Waals surface area contributed by atoms with Crippen LogP contribution in [0.5, 0.6) is 0 Å². The fraction of sp³-hybridized carbons (Fsp3) is 0.435. The van der Waals surface area contributed by atoms with E-state index in [0.717, 1.165) is 18.7 Å². The number of guanidine groups is 1. The van der Waals surface area contributed by atoms with E-state index in [-0.39, 0.29) is 43.2 Å². The lowest BCUT2D eigenvalue weighted by atomic mass is 10.0. The van der Waals surface area contributed by atoms with Gasteiger partial charge in [-0.05, 0) is 30.9 Å². The molecule has 0 aliphatic heterocycles. The number of hydrogen-bond donors (Lipinski definition) is 3. The highest BCUT2D eigenvalue weighted by atomic mass is 127. The summed E-state index contributed by atoms with van der Waals surface area (Å²) in [5.41, 5.74) is 2.39. The van der Waals surface area contributed by atoms with Crippen molar-refractivity contribution in [1.82, 2.24) is 10.6 Å². The van der Waals surface area contributed by atoms with Crippen LogP contribution in [0.2, 0.25) is 0 Å². The van der Waals surface area contributed by atoms with Gasteiger partial charge in [0, 0.05) is 13.1 Å². The zero-order valence-electron chi connectivity index (χ0n) is 17.5. The Morgan fingerprint density at radius 3 is 2.14 bits per heavy atom. The van der Waals surface area contributed by atoms with E-state index in [1.54, 1.807) is 0 Å². The molecule has 2 aromatic carbocycles. The highest BCUT2D eigenvalue weighted by molar-refractivity contribution is 14.0. The second kappa shape index (κ2) is 14.4. The number of aliphatic imine (C=N–C) groups is 1. The van der Waals surface area contributed by atoms with Crippen LogP contribution >= 0.6 is 24.0 Å². The van der Waals surface area contributed by atoms with Gasteiger partial charge in [0.05, 0.1) is 25.4 Å². The molecule has 5 nitrogen and oxygen atoms in total. The number of halogens is 1. The molecule has 29 heavy (non-hydrogen) atoms. The zero-order valence-corrected chi connectivity index (χ0v) is 19.9. The predicted molar refractivity (Wildman–Crippen MR) is 131 cm³/mol.